The summed E-state index contributed by atoms with van der Waals surface area (Å²) in [6, 6.07) is 7.86. The van der Waals surface area contributed by atoms with Crippen molar-refractivity contribution in [3.63, 3.8) is 0 Å². The van der Waals surface area contributed by atoms with Gasteiger partial charge >= 0.3 is 0 Å². The number of amides is 1. The Balaban J connectivity index is 2.06. The summed E-state index contributed by atoms with van der Waals surface area (Å²) in [5, 5.41) is 3.27. The van der Waals surface area contributed by atoms with Gasteiger partial charge in [-0.15, -0.1) is 0 Å². The Kier molecular flexibility index (Phi) is 4.98. The molecule has 1 fully saturated rings. The molecule has 1 aromatic rings. The Morgan fingerprint density at radius 2 is 2.10 bits per heavy atom. The van der Waals surface area contributed by atoms with Gasteiger partial charge in [-0.3, -0.25) is 10.1 Å². The van der Waals surface area contributed by atoms with E-state index in [0.717, 1.165) is 30.9 Å². The Morgan fingerprint density at radius 3 is 2.70 bits per heavy atom. The van der Waals surface area contributed by atoms with Crippen LogP contribution in [0, 0.1) is 0 Å². The van der Waals surface area contributed by atoms with E-state index in [1.807, 2.05) is 29.2 Å². The fourth-order valence-corrected chi connectivity index (χ4v) is 2.31. The molecule has 0 saturated carbocycles. The third-order valence-electron chi connectivity index (χ3n) is 3.77. The van der Waals surface area contributed by atoms with E-state index in [4.69, 9.17) is 4.74 Å². The van der Waals surface area contributed by atoms with Gasteiger partial charge in [-0.2, -0.15) is 0 Å². The van der Waals surface area contributed by atoms with Gasteiger partial charge < -0.3 is 14.5 Å². The lowest BCUT2D eigenvalue weighted by Gasteiger charge is -2.26. The first-order chi connectivity index (χ1) is 9.65. The molecule has 110 valence electrons. The van der Waals surface area contributed by atoms with Gasteiger partial charge in [-0.25, -0.2) is 0 Å². The number of carbonyl (C=O) groups excluding carboxylic acids is 1. The molecular formula is C15H23N3O2. The molecule has 1 heterocycles. The quantitative estimate of drug-likeness (QED) is 0.845. The molecule has 1 aromatic carbocycles. The molecule has 0 bridgehead atoms. The van der Waals surface area contributed by atoms with Crippen molar-refractivity contribution < 1.29 is 9.53 Å². The summed E-state index contributed by atoms with van der Waals surface area (Å²) < 4.78 is 5.17. The molecule has 5 nitrogen and oxygen atoms in total. The lowest BCUT2D eigenvalue weighted by Crippen LogP contribution is -2.36. The van der Waals surface area contributed by atoms with E-state index in [1.54, 1.807) is 7.11 Å². The van der Waals surface area contributed by atoms with Crippen LogP contribution in [0.1, 0.15) is 18.7 Å². The lowest BCUT2D eigenvalue weighted by atomic mass is 10.1. The number of likely N-dealkylation sites (N-methyl/N-ethyl adjacent to an activating group) is 1. The predicted octanol–water partition coefficient (Wildman–Crippen LogP) is 1.08. The second kappa shape index (κ2) is 6.72. The Labute approximate surface area is 120 Å². The van der Waals surface area contributed by atoms with Crippen molar-refractivity contribution in [3.05, 3.63) is 29.8 Å². The lowest BCUT2D eigenvalue weighted by molar-refractivity contribution is -0.128. The monoisotopic (exact) mass is 277 g/mol. The minimum atomic E-state index is -0.0290. The van der Waals surface area contributed by atoms with Crippen LogP contribution >= 0.6 is 0 Å². The van der Waals surface area contributed by atoms with Gasteiger partial charge in [-0.1, -0.05) is 19.1 Å². The molecule has 5 heteroatoms. The van der Waals surface area contributed by atoms with E-state index in [-0.39, 0.29) is 12.1 Å². The van der Waals surface area contributed by atoms with Gasteiger partial charge in [0.1, 0.15) is 11.9 Å². The zero-order valence-electron chi connectivity index (χ0n) is 12.4. The number of rotatable bonds is 6. The van der Waals surface area contributed by atoms with Crippen molar-refractivity contribution in [2.75, 3.05) is 40.3 Å². The van der Waals surface area contributed by atoms with E-state index in [9.17, 15) is 4.79 Å². The zero-order valence-corrected chi connectivity index (χ0v) is 12.4. The van der Waals surface area contributed by atoms with Gasteiger partial charge in [0.2, 0.25) is 5.91 Å². The predicted molar refractivity (Wildman–Crippen MR) is 78.6 cm³/mol. The molecule has 0 aliphatic carbocycles. The number of hydrogen-bond acceptors (Lipinski definition) is 4. The van der Waals surface area contributed by atoms with E-state index < -0.39 is 0 Å². The summed E-state index contributed by atoms with van der Waals surface area (Å²) in [6.45, 7) is 5.14. The molecule has 1 amide bonds. The number of ether oxygens (including phenoxy) is 1. The molecule has 0 spiro atoms. The summed E-state index contributed by atoms with van der Waals surface area (Å²) >= 11 is 0. The molecule has 1 saturated heterocycles. The SMILES string of the molecule is CCN(C)CCN1C(=O)CNC1c1ccc(OC)cc1. The second-order valence-electron chi connectivity index (χ2n) is 5.04. The molecular weight excluding hydrogens is 254 g/mol. The van der Waals surface area contributed by atoms with Crippen LogP contribution in [0.15, 0.2) is 24.3 Å². The van der Waals surface area contributed by atoms with E-state index >= 15 is 0 Å². The standard InChI is InChI=1S/C15H23N3O2/c1-4-17(2)9-10-18-14(19)11-16-15(18)12-5-7-13(20-3)8-6-12/h5-8,15-16H,4,9-11H2,1-3H3. The van der Waals surface area contributed by atoms with Crippen molar-refractivity contribution in [1.82, 2.24) is 15.1 Å². The smallest absolute Gasteiger partial charge is 0.238 e. The first-order valence-electron chi connectivity index (χ1n) is 7.01. The number of methoxy groups -OCH3 is 1. The van der Waals surface area contributed by atoms with Gasteiger partial charge in [-0.05, 0) is 31.3 Å². The highest BCUT2D eigenvalue weighted by Gasteiger charge is 2.31. The number of nitrogens with zero attached hydrogens (tertiary/aromatic N) is 2. The van der Waals surface area contributed by atoms with Crippen molar-refractivity contribution in [2.24, 2.45) is 0 Å². The van der Waals surface area contributed by atoms with Crippen molar-refractivity contribution in [2.45, 2.75) is 13.1 Å². The van der Waals surface area contributed by atoms with Crippen LogP contribution in [0.5, 0.6) is 5.75 Å². The van der Waals surface area contributed by atoms with Crippen molar-refractivity contribution >= 4 is 5.91 Å². The zero-order chi connectivity index (χ0) is 14.5. The number of nitrogens with one attached hydrogen (secondary N) is 1. The fraction of sp³-hybridized carbons (Fsp3) is 0.533. The average Bonchev–Trinajstić information content (AvgIpc) is 2.86. The summed E-state index contributed by atoms with van der Waals surface area (Å²) in [7, 11) is 3.72. The van der Waals surface area contributed by atoms with Crippen LogP contribution in [0.25, 0.3) is 0 Å². The van der Waals surface area contributed by atoms with Crippen LogP contribution in [-0.4, -0.2) is 56.0 Å². The van der Waals surface area contributed by atoms with Gasteiger partial charge in [0.05, 0.1) is 13.7 Å². The molecule has 1 aliphatic heterocycles. The maximum Gasteiger partial charge on any atom is 0.238 e. The Morgan fingerprint density at radius 1 is 1.40 bits per heavy atom. The molecule has 1 unspecified atom stereocenters. The number of hydrogen-bond donors (Lipinski definition) is 1. The highest BCUT2D eigenvalue weighted by Crippen LogP contribution is 2.24. The minimum Gasteiger partial charge on any atom is -0.497 e. The average molecular weight is 277 g/mol. The first-order valence-corrected chi connectivity index (χ1v) is 7.01. The van der Waals surface area contributed by atoms with Crippen LogP contribution in [0.4, 0.5) is 0 Å². The number of carbonyl (C=O) groups is 1. The maximum absolute atomic E-state index is 12.0. The van der Waals surface area contributed by atoms with E-state index in [1.165, 1.54) is 0 Å². The first kappa shape index (κ1) is 14.8. The van der Waals surface area contributed by atoms with Crippen molar-refractivity contribution in [3.8, 4) is 5.75 Å². The normalized spacial score (nSPS) is 18.9. The molecule has 1 N–H and O–H groups in total. The third-order valence-corrected chi connectivity index (χ3v) is 3.77. The van der Waals surface area contributed by atoms with Crippen LogP contribution in [-0.2, 0) is 4.79 Å². The molecule has 0 radical (unpaired) electrons. The van der Waals surface area contributed by atoms with E-state index in [2.05, 4.69) is 24.2 Å². The summed E-state index contributed by atoms with van der Waals surface area (Å²) in [5.41, 5.74) is 1.09. The molecule has 1 aliphatic rings. The highest BCUT2D eigenvalue weighted by molar-refractivity contribution is 5.81. The Hall–Kier alpha value is -1.59. The van der Waals surface area contributed by atoms with Crippen LogP contribution in [0.2, 0.25) is 0 Å². The van der Waals surface area contributed by atoms with Gasteiger partial charge in [0.15, 0.2) is 0 Å². The van der Waals surface area contributed by atoms with Crippen LogP contribution < -0.4 is 10.1 Å². The molecule has 20 heavy (non-hydrogen) atoms. The fourth-order valence-electron chi connectivity index (χ4n) is 2.31. The maximum atomic E-state index is 12.0. The summed E-state index contributed by atoms with van der Waals surface area (Å²) in [5.74, 6) is 0.991. The van der Waals surface area contributed by atoms with Gasteiger partial charge in [0.25, 0.3) is 0 Å². The summed E-state index contributed by atoms with van der Waals surface area (Å²) in [6.07, 6.45) is -0.0290. The second-order valence-corrected chi connectivity index (χ2v) is 5.04. The third kappa shape index (κ3) is 3.29. The topological polar surface area (TPSA) is 44.8 Å². The highest BCUT2D eigenvalue weighted by atomic mass is 16.5. The molecule has 1 atom stereocenters. The van der Waals surface area contributed by atoms with Crippen molar-refractivity contribution in [1.29, 1.82) is 0 Å². The number of benzene rings is 1. The summed E-state index contributed by atoms with van der Waals surface area (Å²) in [4.78, 5) is 16.1. The van der Waals surface area contributed by atoms with E-state index in [0.29, 0.717) is 6.54 Å². The molecule has 0 aromatic heterocycles. The van der Waals surface area contributed by atoms with Crippen LogP contribution in [0.3, 0.4) is 0 Å². The Bertz CT molecular complexity index is 447. The molecule has 2 rings (SSSR count). The minimum absolute atomic E-state index is 0.0290. The van der Waals surface area contributed by atoms with Gasteiger partial charge in [0, 0.05) is 13.1 Å². The largest absolute Gasteiger partial charge is 0.497 e.